The molecule has 2 N–H and O–H groups in total. The Kier molecular flexibility index (Phi) is 4.51. The van der Waals surface area contributed by atoms with Crippen molar-refractivity contribution in [3.63, 3.8) is 0 Å². The second-order valence-corrected chi connectivity index (χ2v) is 7.30. The van der Waals surface area contributed by atoms with Crippen LogP contribution in [0.5, 0.6) is 11.5 Å². The van der Waals surface area contributed by atoms with Gasteiger partial charge >= 0.3 is 0 Å². The summed E-state index contributed by atoms with van der Waals surface area (Å²) in [6, 6.07) is 5.40. The van der Waals surface area contributed by atoms with Crippen LogP contribution >= 0.6 is 0 Å². The van der Waals surface area contributed by atoms with Gasteiger partial charge in [0.15, 0.2) is 5.82 Å². The number of amides is 1. The molecule has 2 fully saturated rings. The van der Waals surface area contributed by atoms with Gasteiger partial charge in [0.1, 0.15) is 11.5 Å². The largest absolute Gasteiger partial charge is 0.497 e. The van der Waals surface area contributed by atoms with Crippen molar-refractivity contribution >= 4 is 11.6 Å². The second kappa shape index (κ2) is 6.84. The number of rotatable bonds is 5. The Hall–Kier alpha value is -2.61. The van der Waals surface area contributed by atoms with E-state index >= 15 is 0 Å². The minimum atomic E-state index is -0.496. The van der Waals surface area contributed by atoms with Crippen molar-refractivity contribution in [2.24, 2.45) is 5.73 Å². The molecular weight excluding hydrogens is 348 g/mol. The van der Waals surface area contributed by atoms with Crippen molar-refractivity contribution in [1.82, 2.24) is 10.1 Å². The highest BCUT2D eigenvalue weighted by Gasteiger charge is 2.39. The molecule has 1 saturated heterocycles. The topological polar surface area (TPSA) is 104 Å². The number of hydrogen-bond donors (Lipinski definition) is 1. The minimum Gasteiger partial charge on any atom is -0.497 e. The zero-order valence-corrected chi connectivity index (χ0v) is 15.6. The fraction of sp³-hybridized carbons (Fsp3) is 0.526. The first-order valence-corrected chi connectivity index (χ1v) is 9.19. The Balaban J connectivity index is 1.55. The molecule has 2 aromatic rings. The van der Waals surface area contributed by atoms with Gasteiger partial charge in [-0.05, 0) is 12.8 Å². The normalized spacial score (nSPS) is 21.7. The van der Waals surface area contributed by atoms with E-state index in [0.29, 0.717) is 36.2 Å². The van der Waals surface area contributed by atoms with Gasteiger partial charge in [-0.3, -0.25) is 4.79 Å². The third-order valence-electron chi connectivity index (χ3n) is 5.51. The molecule has 8 heteroatoms. The van der Waals surface area contributed by atoms with E-state index in [1.807, 2.05) is 12.1 Å². The molecule has 0 radical (unpaired) electrons. The van der Waals surface area contributed by atoms with Gasteiger partial charge in [-0.15, -0.1) is 0 Å². The van der Waals surface area contributed by atoms with Crippen LogP contribution in [0.15, 0.2) is 22.7 Å². The number of aromatic nitrogens is 2. The maximum atomic E-state index is 12.6. The van der Waals surface area contributed by atoms with Crippen LogP contribution in [-0.4, -0.2) is 36.8 Å². The summed E-state index contributed by atoms with van der Waals surface area (Å²) < 4.78 is 16.1. The molecule has 1 saturated carbocycles. The highest BCUT2D eigenvalue weighted by molar-refractivity contribution is 5.96. The molecule has 144 valence electrons. The van der Waals surface area contributed by atoms with Gasteiger partial charge in [-0.25, -0.2) is 0 Å². The van der Waals surface area contributed by atoms with Gasteiger partial charge in [0.25, 0.3) is 0 Å². The third-order valence-corrected chi connectivity index (χ3v) is 5.51. The standard InChI is InChI=1S/C19H24N4O4/c1-25-14-8-13(9-15(10-14)26-2)23-11-12(7-16(23)24)17-21-18(22-27-17)19(20)5-3-4-6-19/h8-10,12H,3-7,11,20H2,1-2H3. The first kappa shape index (κ1) is 17.8. The molecule has 2 aliphatic rings. The summed E-state index contributed by atoms with van der Waals surface area (Å²) in [7, 11) is 3.16. The number of benzene rings is 1. The number of carbonyl (C=O) groups is 1. The predicted octanol–water partition coefficient (Wildman–Crippen LogP) is 2.34. The van der Waals surface area contributed by atoms with E-state index in [1.165, 1.54) is 0 Å². The van der Waals surface area contributed by atoms with Crippen LogP contribution in [0.1, 0.15) is 49.7 Å². The summed E-state index contributed by atoms with van der Waals surface area (Å²) in [6.45, 7) is 0.467. The van der Waals surface area contributed by atoms with Crippen LogP contribution in [0, 0.1) is 0 Å². The number of nitrogens with two attached hydrogens (primary N) is 1. The number of hydrogen-bond acceptors (Lipinski definition) is 7. The number of ether oxygens (including phenoxy) is 2. The van der Waals surface area contributed by atoms with Gasteiger partial charge in [0.05, 0.1) is 31.4 Å². The highest BCUT2D eigenvalue weighted by Crippen LogP contribution is 2.38. The first-order chi connectivity index (χ1) is 13.0. The Morgan fingerprint density at radius 3 is 2.48 bits per heavy atom. The molecule has 1 amide bonds. The molecule has 0 spiro atoms. The van der Waals surface area contributed by atoms with Crippen molar-refractivity contribution in [3.8, 4) is 11.5 Å². The van der Waals surface area contributed by atoms with Crippen LogP contribution in [0.3, 0.4) is 0 Å². The van der Waals surface area contributed by atoms with Gasteiger partial charge in [-0.1, -0.05) is 18.0 Å². The number of methoxy groups -OCH3 is 2. The average Bonchev–Trinajstić information content (AvgIpc) is 3.41. The fourth-order valence-electron chi connectivity index (χ4n) is 3.90. The number of anilines is 1. The van der Waals surface area contributed by atoms with E-state index in [1.54, 1.807) is 25.2 Å². The molecule has 1 aromatic carbocycles. The van der Waals surface area contributed by atoms with E-state index in [4.69, 9.17) is 19.7 Å². The smallest absolute Gasteiger partial charge is 0.232 e. The maximum absolute atomic E-state index is 12.6. The van der Waals surface area contributed by atoms with Crippen molar-refractivity contribution < 1.29 is 18.8 Å². The lowest BCUT2D eigenvalue weighted by Gasteiger charge is -2.18. The minimum absolute atomic E-state index is 0.00150. The lowest BCUT2D eigenvalue weighted by atomic mass is 9.98. The molecule has 2 heterocycles. The predicted molar refractivity (Wildman–Crippen MR) is 97.9 cm³/mol. The summed E-state index contributed by atoms with van der Waals surface area (Å²) in [6.07, 6.45) is 4.21. The summed E-state index contributed by atoms with van der Waals surface area (Å²) in [4.78, 5) is 18.9. The molecule has 0 bridgehead atoms. The van der Waals surface area contributed by atoms with Gasteiger partial charge < -0.3 is 24.6 Å². The molecule has 1 aromatic heterocycles. The lowest BCUT2D eigenvalue weighted by molar-refractivity contribution is -0.117. The molecule has 1 aliphatic carbocycles. The Labute approximate surface area is 157 Å². The van der Waals surface area contributed by atoms with Gasteiger partial charge in [-0.2, -0.15) is 4.98 Å². The fourth-order valence-corrected chi connectivity index (χ4v) is 3.90. The van der Waals surface area contributed by atoms with E-state index in [-0.39, 0.29) is 11.8 Å². The van der Waals surface area contributed by atoms with Crippen LogP contribution < -0.4 is 20.1 Å². The zero-order chi connectivity index (χ0) is 19.0. The Morgan fingerprint density at radius 2 is 1.85 bits per heavy atom. The van der Waals surface area contributed by atoms with Crippen molar-refractivity contribution in [3.05, 3.63) is 29.9 Å². The molecule has 8 nitrogen and oxygen atoms in total. The molecule has 1 unspecified atom stereocenters. The molecule has 1 aliphatic heterocycles. The summed E-state index contributed by atoms with van der Waals surface area (Å²) in [5, 5.41) is 4.11. The SMILES string of the molecule is COc1cc(OC)cc(N2CC(c3nc(C4(N)CCCC4)no3)CC2=O)c1. The molecule has 27 heavy (non-hydrogen) atoms. The van der Waals surface area contributed by atoms with Crippen molar-refractivity contribution in [2.75, 3.05) is 25.7 Å². The van der Waals surface area contributed by atoms with E-state index in [0.717, 1.165) is 31.4 Å². The van der Waals surface area contributed by atoms with Crippen LogP contribution in [0.25, 0.3) is 0 Å². The van der Waals surface area contributed by atoms with Gasteiger partial charge in [0.2, 0.25) is 11.8 Å². The maximum Gasteiger partial charge on any atom is 0.232 e. The van der Waals surface area contributed by atoms with E-state index < -0.39 is 5.54 Å². The van der Waals surface area contributed by atoms with Gasteiger partial charge in [0, 0.05) is 31.2 Å². The Bertz CT molecular complexity index is 822. The van der Waals surface area contributed by atoms with Crippen LogP contribution in [-0.2, 0) is 10.3 Å². The van der Waals surface area contributed by atoms with Crippen molar-refractivity contribution in [2.45, 2.75) is 43.6 Å². The van der Waals surface area contributed by atoms with Crippen LogP contribution in [0.4, 0.5) is 5.69 Å². The highest BCUT2D eigenvalue weighted by atomic mass is 16.5. The average molecular weight is 372 g/mol. The number of nitrogens with zero attached hydrogens (tertiary/aromatic N) is 3. The lowest BCUT2D eigenvalue weighted by Crippen LogP contribution is -2.34. The molecule has 1 atom stereocenters. The zero-order valence-electron chi connectivity index (χ0n) is 15.6. The first-order valence-electron chi connectivity index (χ1n) is 9.19. The monoisotopic (exact) mass is 372 g/mol. The Morgan fingerprint density at radius 1 is 1.19 bits per heavy atom. The molecular formula is C19H24N4O4. The van der Waals surface area contributed by atoms with Crippen LogP contribution in [0.2, 0.25) is 0 Å². The third kappa shape index (κ3) is 3.25. The van der Waals surface area contributed by atoms with E-state index in [2.05, 4.69) is 10.1 Å². The summed E-state index contributed by atoms with van der Waals surface area (Å²) in [5.74, 6) is 2.15. The summed E-state index contributed by atoms with van der Waals surface area (Å²) >= 11 is 0. The molecule has 4 rings (SSSR count). The second-order valence-electron chi connectivity index (χ2n) is 7.30. The number of carbonyl (C=O) groups excluding carboxylic acids is 1. The van der Waals surface area contributed by atoms with E-state index in [9.17, 15) is 4.79 Å². The quantitative estimate of drug-likeness (QED) is 0.859. The van der Waals surface area contributed by atoms with Crippen molar-refractivity contribution in [1.29, 1.82) is 0 Å². The summed E-state index contributed by atoms with van der Waals surface area (Å²) in [5.41, 5.74) is 6.64.